The molecule has 0 saturated heterocycles. The van der Waals surface area contributed by atoms with Crippen molar-refractivity contribution in [3.8, 4) is 0 Å². The van der Waals surface area contributed by atoms with Crippen LogP contribution in [0.15, 0.2) is 30.3 Å². The highest BCUT2D eigenvalue weighted by molar-refractivity contribution is 6.31. The molecule has 27 heavy (non-hydrogen) atoms. The van der Waals surface area contributed by atoms with E-state index in [2.05, 4.69) is 20.4 Å². The zero-order valence-electron chi connectivity index (χ0n) is 15.1. The van der Waals surface area contributed by atoms with Gasteiger partial charge in [-0.3, -0.25) is 4.79 Å². The van der Waals surface area contributed by atoms with Crippen LogP contribution in [-0.2, 0) is 9.53 Å². The van der Waals surface area contributed by atoms with Gasteiger partial charge in [-0.2, -0.15) is 4.98 Å². The van der Waals surface area contributed by atoms with Crippen molar-refractivity contribution in [2.75, 3.05) is 6.61 Å². The number of carbonyl (C=O) groups excluding carboxylic acids is 2. The Balaban J connectivity index is 1.61. The van der Waals surface area contributed by atoms with Crippen LogP contribution < -0.4 is 5.32 Å². The van der Waals surface area contributed by atoms with Gasteiger partial charge in [0.05, 0.1) is 6.04 Å². The Morgan fingerprint density at radius 2 is 2.00 bits per heavy atom. The quantitative estimate of drug-likeness (QED) is 0.675. The van der Waals surface area contributed by atoms with Gasteiger partial charge in [-0.05, 0) is 38.5 Å². The molecule has 2 aromatic heterocycles. The zero-order chi connectivity index (χ0) is 19.6. The Morgan fingerprint density at radius 1 is 1.26 bits per heavy atom. The maximum absolute atomic E-state index is 12.1. The van der Waals surface area contributed by atoms with Gasteiger partial charge in [0, 0.05) is 16.4 Å². The van der Waals surface area contributed by atoms with E-state index in [0.717, 1.165) is 17.0 Å². The summed E-state index contributed by atoms with van der Waals surface area (Å²) in [5.41, 5.74) is 2.33. The molecule has 0 fully saturated rings. The molecule has 1 aromatic carbocycles. The van der Waals surface area contributed by atoms with Crippen molar-refractivity contribution in [1.82, 2.24) is 24.9 Å². The van der Waals surface area contributed by atoms with Gasteiger partial charge >= 0.3 is 5.97 Å². The number of carbonyl (C=O) groups is 2. The molecule has 0 spiro atoms. The predicted octanol–water partition coefficient (Wildman–Crippen LogP) is 2.43. The number of nitrogens with one attached hydrogen (secondary N) is 1. The standard InChI is InChI=1S/C18H18ClN5O3/c1-10-8-11(2)24-18(20-10)22-16(23-24)17(26)27-9-15(25)21-12(3)13-6-4-5-7-14(13)19/h4-8,12H,9H2,1-3H3,(H,21,25)/t12-/m1/s1. The van der Waals surface area contributed by atoms with Gasteiger partial charge < -0.3 is 10.1 Å². The van der Waals surface area contributed by atoms with E-state index >= 15 is 0 Å². The van der Waals surface area contributed by atoms with Gasteiger partial charge in [0.25, 0.3) is 17.5 Å². The van der Waals surface area contributed by atoms with E-state index in [4.69, 9.17) is 16.3 Å². The molecule has 3 aromatic rings. The van der Waals surface area contributed by atoms with E-state index in [9.17, 15) is 9.59 Å². The highest BCUT2D eigenvalue weighted by atomic mass is 35.5. The fourth-order valence-electron chi connectivity index (χ4n) is 2.64. The summed E-state index contributed by atoms with van der Waals surface area (Å²) in [6.45, 7) is 5.00. The molecule has 0 bridgehead atoms. The molecule has 0 unspecified atom stereocenters. The topological polar surface area (TPSA) is 98.5 Å². The number of hydrogen-bond acceptors (Lipinski definition) is 6. The van der Waals surface area contributed by atoms with Crippen LogP contribution in [0.1, 0.15) is 40.5 Å². The second-order valence-corrected chi connectivity index (χ2v) is 6.48. The van der Waals surface area contributed by atoms with Gasteiger partial charge in [0.15, 0.2) is 6.61 Å². The van der Waals surface area contributed by atoms with Crippen LogP contribution in [0.2, 0.25) is 5.02 Å². The Kier molecular flexibility index (Phi) is 5.36. The average Bonchev–Trinajstić information content (AvgIpc) is 3.04. The van der Waals surface area contributed by atoms with E-state index in [1.54, 1.807) is 13.0 Å². The lowest BCUT2D eigenvalue weighted by molar-refractivity contribution is -0.124. The molecule has 0 aliphatic carbocycles. The molecular weight excluding hydrogens is 370 g/mol. The minimum atomic E-state index is -0.793. The summed E-state index contributed by atoms with van der Waals surface area (Å²) in [5.74, 6) is -1.10. The maximum atomic E-state index is 12.1. The number of halogens is 1. The number of rotatable bonds is 5. The second-order valence-electron chi connectivity index (χ2n) is 6.07. The first-order chi connectivity index (χ1) is 12.8. The van der Waals surface area contributed by atoms with Crippen LogP contribution in [0.5, 0.6) is 0 Å². The number of esters is 1. The summed E-state index contributed by atoms with van der Waals surface area (Å²) < 4.78 is 6.45. The first-order valence-corrected chi connectivity index (χ1v) is 8.65. The van der Waals surface area contributed by atoms with Crippen molar-refractivity contribution in [2.24, 2.45) is 0 Å². The third-order valence-corrected chi connectivity index (χ3v) is 4.23. The largest absolute Gasteiger partial charge is 0.450 e. The number of hydrogen-bond donors (Lipinski definition) is 1. The molecule has 1 amide bonds. The number of benzene rings is 1. The third kappa shape index (κ3) is 4.22. The SMILES string of the molecule is Cc1cc(C)n2nc(C(=O)OCC(=O)N[C@H](C)c3ccccc3Cl)nc2n1. The van der Waals surface area contributed by atoms with Gasteiger partial charge in [0.1, 0.15) is 0 Å². The summed E-state index contributed by atoms with van der Waals surface area (Å²) in [7, 11) is 0. The van der Waals surface area contributed by atoms with E-state index in [0.29, 0.717) is 10.8 Å². The van der Waals surface area contributed by atoms with E-state index < -0.39 is 18.5 Å². The molecule has 3 rings (SSSR count). The molecule has 1 atom stereocenters. The van der Waals surface area contributed by atoms with Crippen LogP contribution >= 0.6 is 11.6 Å². The summed E-state index contributed by atoms with van der Waals surface area (Å²) in [5, 5.41) is 7.35. The Morgan fingerprint density at radius 3 is 2.74 bits per heavy atom. The van der Waals surface area contributed by atoms with Crippen LogP contribution in [0.25, 0.3) is 5.78 Å². The number of aryl methyl sites for hydroxylation is 2. The number of amides is 1. The first-order valence-electron chi connectivity index (χ1n) is 8.27. The Hall–Kier alpha value is -3.00. The Bertz CT molecular complexity index is 1020. The molecule has 2 heterocycles. The van der Waals surface area contributed by atoms with Crippen molar-refractivity contribution in [1.29, 1.82) is 0 Å². The lowest BCUT2D eigenvalue weighted by Gasteiger charge is -2.15. The molecule has 0 aliphatic rings. The molecule has 140 valence electrons. The predicted molar refractivity (Wildman–Crippen MR) is 98.5 cm³/mol. The number of fused-ring (bicyclic) bond motifs is 1. The van der Waals surface area contributed by atoms with E-state index in [1.165, 1.54) is 4.52 Å². The molecule has 0 radical (unpaired) electrons. The van der Waals surface area contributed by atoms with Crippen molar-refractivity contribution in [3.63, 3.8) is 0 Å². The lowest BCUT2D eigenvalue weighted by Crippen LogP contribution is -2.31. The van der Waals surface area contributed by atoms with Crippen molar-refractivity contribution in [3.05, 3.63) is 58.1 Å². The Labute approximate surface area is 160 Å². The fourth-order valence-corrected chi connectivity index (χ4v) is 2.93. The maximum Gasteiger partial charge on any atom is 0.378 e. The summed E-state index contributed by atoms with van der Waals surface area (Å²) in [6, 6.07) is 8.69. The van der Waals surface area contributed by atoms with Crippen molar-refractivity contribution in [2.45, 2.75) is 26.8 Å². The van der Waals surface area contributed by atoms with Gasteiger partial charge in [-0.1, -0.05) is 29.8 Å². The normalized spacial score (nSPS) is 12.0. The summed E-state index contributed by atoms with van der Waals surface area (Å²) >= 11 is 6.11. The molecule has 1 N–H and O–H groups in total. The van der Waals surface area contributed by atoms with Crippen LogP contribution in [0, 0.1) is 13.8 Å². The highest BCUT2D eigenvalue weighted by Gasteiger charge is 2.19. The van der Waals surface area contributed by atoms with Gasteiger partial charge in [-0.25, -0.2) is 14.3 Å². The molecule has 0 aliphatic heterocycles. The van der Waals surface area contributed by atoms with Crippen molar-refractivity contribution < 1.29 is 14.3 Å². The van der Waals surface area contributed by atoms with Crippen LogP contribution in [0.4, 0.5) is 0 Å². The fraction of sp³-hybridized carbons (Fsp3) is 0.278. The third-order valence-electron chi connectivity index (χ3n) is 3.88. The molecule has 0 saturated carbocycles. The average molecular weight is 388 g/mol. The molecule has 9 heteroatoms. The van der Waals surface area contributed by atoms with E-state index in [-0.39, 0.29) is 11.9 Å². The van der Waals surface area contributed by atoms with Gasteiger partial charge in [0.2, 0.25) is 0 Å². The summed E-state index contributed by atoms with van der Waals surface area (Å²) in [4.78, 5) is 32.4. The highest BCUT2D eigenvalue weighted by Crippen LogP contribution is 2.21. The van der Waals surface area contributed by atoms with Crippen LogP contribution in [-0.4, -0.2) is 38.1 Å². The number of nitrogens with zero attached hydrogens (tertiary/aromatic N) is 4. The van der Waals surface area contributed by atoms with Crippen LogP contribution in [0.3, 0.4) is 0 Å². The summed E-state index contributed by atoms with van der Waals surface area (Å²) in [6.07, 6.45) is 0. The number of aromatic nitrogens is 4. The smallest absolute Gasteiger partial charge is 0.378 e. The monoisotopic (exact) mass is 387 g/mol. The minimum absolute atomic E-state index is 0.150. The molecule has 8 nitrogen and oxygen atoms in total. The number of ether oxygens (including phenoxy) is 1. The first kappa shape index (κ1) is 18.8. The minimum Gasteiger partial charge on any atom is -0.450 e. The molecular formula is C18H18ClN5O3. The second kappa shape index (κ2) is 7.71. The lowest BCUT2D eigenvalue weighted by atomic mass is 10.1. The zero-order valence-corrected chi connectivity index (χ0v) is 15.8. The van der Waals surface area contributed by atoms with Gasteiger partial charge in [-0.15, -0.1) is 5.10 Å². The van der Waals surface area contributed by atoms with E-state index in [1.807, 2.05) is 38.1 Å². The van der Waals surface area contributed by atoms with Crippen molar-refractivity contribution >= 4 is 29.3 Å².